The molecule has 3 nitrogen and oxygen atoms in total. The standard InChI is InChI=1S/C16H12N2OS/c1-10-12-7-4-5-11(16(12)17-19-10)9-14-13-6-2-3-8-15(13)20-18-14/h2-8H,9H2,1H3. The first-order valence-electron chi connectivity index (χ1n) is 6.50. The maximum atomic E-state index is 5.29. The molecule has 0 saturated carbocycles. The number of rotatable bonds is 2. The van der Waals surface area contributed by atoms with E-state index in [4.69, 9.17) is 4.52 Å². The normalized spacial score (nSPS) is 11.4. The summed E-state index contributed by atoms with van der Waals surface area (Å²) in [7, 11) is 0. The van der Waals surface area contributed by atoms with Gasteiger partial charge in [0, 0.05) is 17.2 Å². The molecule has 0 N–H and O–H groups in total. The summed E-state index contributed by atoms with van der Waals surface area (Å²) < 4.78 is 11.1. The lowest BCUT2D eigenvalue weighted by Gasteiger charge is -2.00. The summed E-state index contributed by atoms with van der Waals surface area (Å²) in [4.78, 5) is 0. The molecule has 0 bridgehead atoms. The van der Waals surface area contributed by atoms with Crippen LogP contribution in [0.15, 0.2) is 47.0 Å². The van der Waals surface area contributed by atoms with Crippen LogP contribution in [0.3, 0.4) is 0 Å². The highest BCUT2D eigenvalue weighted by Gasteiger charge is 2.12. The van der Waals surface area contributed by atoms with Crippen molar-refractivity contribution in [3.63, 3.8) is 0 Å². The van der Waals surface area contributed by atoms with Gasteiger partial charge in [-0.2, -0.15) is 4.37 Å². The van der Waals surface area contributed by atoms with Gasteiger partial charge < -0.3 is 4.52 Å². The second kappa shape index (κ2) is 4.42. The Hall–Kier alpha value is -2.20. The third-order valence-corrected chi connectivity index (χ3v) is 4.45. The molecule has 4 rings (SSSR count). The van der Waals surface area contributed by atoms with Gasteiger partial charge in [-0.25, -0.2) is 0 Å². The number of hydrogen-bond acceptors (Lipinski definition) is 4. The second-order valence-corrected chi connectivity index (χ2v) is 5.66. The van der Waals surface area contributed by atoms with Crippen molar-refractivity contribution in [1.82, 2.24) is 9.53 Å². The fourth-order valence-corrected chi connectivity index (χ4v) is 3.33. The highest BCUT2D eigenvalue weighted by molar-refractivity contribution is 7.13. The molecule has 0 unspecified atom stereocenters. The van der Waals surface area contributed by atoms with Gasteiger partial charge in [0.05, 0.1) is 10.4 Å². The van der Waals surface area contributed by atoms with Gasteiger partial charge in [-0.15, -0.1) is 0 Å². The highest BCUT2D eigenvalue weighted by atomic mass is 32.1. The van der Waals surface area contributed by atoms with Crippen LogP contribution in [0, 0.1) is 6.92 Å². The van der Waals surface area contributed by atoms with Gasteiger partial charge in [-0.05, 0) is 36.2 Å². The maximum Gasteiger partial charge on any atom is 0.141 e. The average molecular weight is 280 g/mol. The Morgan fingerprint density at radius 2 is 1.90 bits per heavy atom. The van der Waals surface area contributed by atoms with E-state index < -0.39 is 0 Å². The highest BCUT2D eigenvalue weighted by Crippen LogP contribution is 2.27. The second-order valence-electron chi connectivity index (χ2n) is 4.85. The van der Waals surface area contributed by atoms with E-state index in [1.165, 1.54) is 10.1 Å². The molecule has 0 aliphatic carbocycles. The zero-order chi connectivity index (χ0) is 13.5. The van der Waals surface area contributed by atoms with Crippen LogP contribution in [0.2, 0.25) is 0 Å². The first kappa shape index (κ1) is 11.6. The first-order valence-corrected chi connectivity index (χ1v) is 7.27. The number of fused-ring (bicyclic) bond motifs is 2. The van der Waals surface area contributed by atoms with Crippen LogP contribution in [0.5, 0.6) is 0 Å². The molecule has 2 aromatic carbocycles. The minimum atomic E-state index is 0.785. The van der Waals surface area contributed by atoms with E-state index in [9.17, 15) is 0 Å². The van der Waals surface area contributed by atoms with Crippen LogP contribution >= 0.6 is 11.5 Å². The Balaban J connectivity index is 1.85. The average Bonchev–Trinajstić information content (AvgIpc) is 3.05. The molecule has 0 radical (unpaired) electrons. The lowest BCUT2D eigenvalue weighted by Crippen LogP contribution is -1.90. The summed E-state index contributed by atoms with van der Waals surface area (Å²) in [6.45, 7) is 1.94. The topological polar surface area (TPSA) is 38.9 Å². The van der Waals surface area contributed by atoms with E-state index in [0.29, 0.717) is 0 Å². The molecular weight excluding hydrogens is 268 g/mol. The largest absolute Gasteiger partial charge is 0.360 e. The monoisotopic (exact) mass is 280 g/mol. The van der Waals surface area contributed by atoms with Crippen LogP contribution < -0.4 is 0 Å². The van der Waals surface area contributed by atoms with Crippen molar-refractivity contribution < 1.29 is 4.52 Å². The van der Waals surface area contributed by atoms with Gasteiger partial charge >= 0.3 is 0 Å². The molecule has 0 aliphatic heterocycles. The van der Waals surface area contributed by atoms with Gasteiger partial charge in [0.1, 0.15) is 11.3 Å². The van der Waals surface area contributed by atoms with E-state index >= 15 is 0 Å². The summed E-state index contributed by atoms with van der Waals surface area (Å²) in [5.74, 6) is 0.866. The predicted molar refractivity (Wildman–Crippen MR) is 81.2 cm³/mol. The molecule has 0 spiro atoms. The van der Waals surface area contributed by atoms with Crippen molar-refractivity contribution in [2.45, 2.75) is 13.3 Å². The smallest absolute Gasteiger partial charge is 0.141 e. The van der Waals surface area contributed by atoms with Crippen molar-refractivity contribution in [3.05, 3.63) is 59.5 Å². The first-order chi connectivity index (χ1) is 9.83. The van der Waals surface area contributed by atoms with Crippen LogP contribution in [0.4, 0.5) is 0 Å². The Bertz CT molecular complexity index is 907. The van der Waals surface area contributed by atoms with Gasteiger partial charge in [0.15, 0.2) is 0 Å². The fraction of sp³-hybridized carbons (Fsp3) is 0.125. The molecule has 2 aromatic heterocycles. The molecule has 4 heteroatoms. The minimum absolute atomic E-state index is 0.785. The molecule has 0 atom stereocenters. The molecule has 0 saturated heterocycles. The number of nitrogens with zero attached hydrogens (tertiary/aromatic N) is 2. The summed E-state index contributed by atoms with van der Waals surface area (Å²) >= 11 is 1.55. The van der Waals surface area contributed by atoms with E-state index in [-0.39, 0.29) is 0 Å². The third kappa shape index (κ3) is 1.72. The molecule has 20 heavy (non-hydrogen) atoms. The SMILES string of the molecule is Cc1onc2c(Cc3nsc4ccccc34)cccc12. The van der Waals surface area contributed by atoms with E-state index in [1.54, 1.807) is 11.5 Å². The van der Waals surface area contributed by atoms with Crippen molar-refractivity contribution in [2.75, 3.05) is 0 Å². The summed E-state index contributed by atoms with van der Waals surface area (Å²) in [6, 6.07) is 14.5. The summed E-state index contributed by atoms with van der Waals surface area (Å²) in [6.07, 6.45) is 0.785. The van der Waals surface area contributed by atoms with Crippen LogP contribution in [0.1, 0.15) is 17.0 Å². The van der Waals surface area contributed by atoms with Gasteiger partial charge in [-0.1, -0.05) is 35.5 Å². The van der Waals surface area contributed by atoms with Gasteiger partial charge in [0.25, 0.3) is 0 Å². The Labute approximate surface area is 120 Å². The van der Waals surface area contributed by atoms with Crippen LogP contribution in [0.25, 0.3) is 21.0 Å². The lowest BCUT2D eigenvalue weighted by molar-refractivity contribution is 0.405. The molecule has 2 heterocycles. The van der Waals surface area contributed by atoms with Crippen molar-refractivity contribution in [3.8, 4) is 0 Å². The zero-order valence-electron chi connectivity index (χ0n) is 11.0. The summed E-state index contributed by atoms with van der Waals surface area (Å²) in [5, 5.41) is 6.50. The molecule has 0 amide bonds. The number of benzene rings is 2. The molecule has 98 valence electrons. The molecule has 0 fully saturated rings. The molecule has 4 aromatic rings. The van der Waals surface area contributed by atoms with Crippen molar-refractivity contribution in [1.29, 1.82) is 0 Å². The molecule has 0 aliphatic rings. The summed E-state index contributed by atoms with van der Waals surface area (Å²) in [5.41, 5.74) is 3.22. The van der Waals surface area contributed by atoms with Crippen LogP contribution in [-0.2, 0) is 6.42 Å². The number of hydrogen-bond donors (Lipinski definition) is 0. The Morgan fingerprint density at radius 1 is 1.05 bits per heavy atom. The van der Waals surface area contributed by atoms with Crippen LogP contribution in [-0.4, -0.2) is 9.53 Å². The maximum absolute atomic E-state index is 5.29. The van der Waals surface area contributed by atoms with E-state index in [2.05, 4.69) is 39.9 Å². The Morgan fingerprint density at radius 3 is 2.85 bits per heavy atom. The minimum Gasteiger partial charge on any atom is -0.360 e. The van der Waals surface area contributed by atoms with Crippen molar-refractivity contribution >= 4 is 32.5 Å². The molecular formula is C16H12N2OS. The quantitative estimate of drug-likeness (QED) is 0.548. The van der Waals surface area contributed by atoms with E-state index in [0.717, 1.165) is 34.3 Å². The van der Waals surface area contributed by atoms with Gasteiger partial charge in [0.2, 0.25) is 0 Å². The number of aryl methyl sites for hydroxylation is 1. The third-order valence-electron chi connectivity index (χ3n) is 3.58. The lowest BCUT2D eigenvalue weighted by atomic mass is 10.0. The Kier molecular flexibility index (Phi) is 2.57. The predicted octanol–water partition coefficient (Wildman–Crippen LogP) is 4.34. The zero-order valence-corrected chi connectivity index (χ0v) is 11.8. The number of aromatic nitrogens is 2. The fourth-order valence-electron chi connectivity index (χ4n) is 2.54. The van der Waals surface area contributed by atoms with E-state index in [1.807, 2.05) is 19.1 Å². The van der Waals surface area contributed by atoms with Crippen molar-refractivity contribution in [2.24, 2.45) is 0 Å². The van der Waals surface area contributed by atoms with Gasteiger partial charge in [-0.3, -0.25) is 0 Å².